The molecular formula is C22H35IN4O3. The lowest BCUT2D eigenvalue weighted by atomic mass is 10.1. The maximum absolute atomic E-state index is 12.0. The Bertz CT molecular complexity index is 676. The lowest BCUT2D eigenvalue weighted by Gasteiger charge is -2.26. The lowest BCUT2D eigenvalue weighted by molar-refractivity contribution is -0.175. The van der Waals surface area contributed by atoms with E-state index in [1.165, 1.54) is 12.8 Å². The molecule has 8 heteroatoms. The van der Waals surface area contributed by atoms with E-state index in [2.05, 4.69) is 15.6 Å². The van der Waals surface area contributed by atoms with Crippen LogP contribution in [0.1, 0.15) is 44.1 Å². The fraction of sp³-hybridized carbons (Fsp3) is 0.636. The number of nitrogens with one attached hydrogen (secondary N) is 2. The maximum Gasteiger partial charge on any atom is 0.241 e. The van der Waals surface area contributed by atoms with Gasteiger partial charge in [-0.3, -0.25) is 4.79 Å². The molecule has 2 fully saturated rings. The lowest BCUT2D eigenvalue weighted by Crippen LogP contribution is -2.45. The molecule has 0 aromatic heterocycles. The van der Waals surface area contributed by atoms with Crippen LogP contribution in [0.25, 0.3) is 0 Å². The van der Waals surface area contributed by atoms with Gasteiger partial charge in [0, 0.05) is 33.5 Å². The molecule has 0 bridgehead atoms. The van der Waals surface area contributed by atoms with Gasteiger partial charge in [0.05, 0.1) is 19.7 Å². The predicted molar refractivity (Wildman–Crippen MR) is 129 cm³/mol. The standard InChI is InChI=1S/C22H34N4O3.HI/c1-26(2)20(27)16-25-21(23-14-18-10-6-5-7-11-18)24-15-19-17-28-22(29-19)12-8-3-4-9-13-22;/h5-7,10-11,19H,3-4,8-9,12-17H2,1-2H3,(H2,23,24,25);1H. The Morgan fingerprint density at radius 1 is 1.13 bits per heavy atom. The van der Waals surface area contributed by atoms with Crippen LogP contribution in [0, 0.1) is 0 Å². The summed E-state index contributed by atoms with van der Waals surface area (Å²) in [6.45, 7) is 1.92. The zero-order valence-corrected chi connectivity index (χ0v) is 20.4. The summed E-state index contributed by atoms with van der Waals surface area (Å²) < 4.78 is 12.4. The van der Waals surface area contributed by atoms with Crippen molar-refractivity contribution in [2.75, 3.05) is 33.8 Å². The van der Waals surface area contributed by atoms with Crippen molar-refractivity contribution in [3.05, 3.63) is 35.9 Å². The first-order valence-electron chi connectivity index (χ1n) is 10.6. The SMILES string of the molecule is CN(C)C(=O)CNC(=NCc1ccccc1)NCC1COC2(CCCCCC2)O1.I. The monoisotopic (exact) mass is 530 g/mol. The van der Waals surface area contributed by atoms with Gasteiger partial charge in [-0.25, -0.2) is 4.99 Å². The summed E-state index contributed by atoms with van der Waals surface area (Å²) in [5, 5.41) is 6.45. The van der Waals surface area contributed by atoms with E-state index in [1.807, 2.05) is 30.3 Å². The number of aliphatic imine (C=N–C) groups is 1. The molecule has 1 aromatic carbocycles. The van der Waals surface area contributed by atoms with E-state index >= 15 is 0 Å². The van der Waals surface area contributed by atoms with Gasteiger partial charge in [-0.1, -0.05) is 43.2 Å². The van der Waals surface area contributed by atoms with Crippen LogP contribution in [-0.4, -0.2) is 62.4 Å². The van der Waals surface area contributed by atoms with Gasteiger partial charge < -0.3 is 25.0 Å². The molecule has 3 rings (SSSR count). The van der Waals surface area contributed by atoms with Crippen LogP contribution in [0.5, 0.6) is 0 Å². The Labute approximate surface area is 197 Å². The van der Waals surface area contributed by atoms with Crippen molar-refractivity contribution < 1.29 is 14.3 Å². The van der Waals surface area contributed by atoms with E-state index in [0.717, 1.165) is 31.2 Å². The molecule has 2 N–H and O–H groups in total. The molecule has 2 aliphatic rings. The Hall–Kier alpha value is -1.39. The van der Waals surface area contributed by atoms with Crippen LogP contribution in [0.4, 0.5) is 0 Å². The van der Waals surface area contributed by atoms with Crippen LogP contribution in [0.15, 0.2) is 35.3 Å². The molecule has 1 aromatic rings. The number of amides is 1. The zero-order valence-electron chi connectivity index (χ0n) is 18.1. The van der Waals surface area contributed by atoms with Gasteiger partial charge in [0.25, 0.3) is 0 Å². The van der Waals surface area contributed by atoms with Crippen molar-refractivity contribution in [1.29, 1.82) is 0 Å². The molecule has 0 radical (unpaired) electrons. The van der Waals surface area contributed by atoms with Crippen LogP contribution < -0.4 is 10.6 Å². The third-order valence-electron chi connectivity index (χ3n) is 5.44. The molecule has 1 atom stereocenters. The Balaban J connectivity index is 0.00000320. The van der Waals surface area contributed by atoms with E-state index in [0.29, 0.717) is 25.7 Å². The largest absolute Gasteiger partial charge is 0.354 e. The highest BCUT2D eigenvalue weighted by atomic mass is 127. The molecule has 30 heavy (non-hydrogen) atoms. The number of carbonyl (C=O) groups excluding carboxylic acids is 1. The number of halogens is 1. The van der Waals surface area contributed by atoms with Crippen molar-refractivity contribution >= 4 is 35.8 Å². The molecule has 168 valence electrons. The average Bonchev–Trinajstić information content (AvgIpc) is 2.98. The van der Waals surface area contributed by atoms with E-state index in [1.54, 1.807) is 19.0 Å². The number of benzene rings is 1. The van der Waals surface area contributed by atoms with Gasteiger partial charge in [-0.2, -0.15) is 0 Å². The number of hydrogen-bond acceptors (Lipinski definition) is 4. The first-order valence-corrected chi connectivity index (χ1v) is 10.6. The summed E-state index contributed by atoms with van der Waals surface area (Å²) in [5.41, 5.74) is 1.12. The highest BCUT2D eigenvalue weighted by Gasteiger charge is 2.41. The van der Waals surface area contributed by atoms with Crippen molar-refractivity contribution in [3.8, 4) is 0 Å². The second kappa shape index (κ2) is 12.5. The summed E-state index contributed by atoms with van der Waals surface area (Å²) in [6.07, 6.45) is 6.80. The first-order chi connectivity index (χ1) is 14.1. The van der Waals surface area contributed by atoms with Crippen molar-refractivity contribution in [2.45, 2.75) is 57.0 Å². The van der Waals surface area contributed by atoms with Crippen molar-refractivity contribution in [1.82, 2.24) is 15.5 Å². The molecule has 1 aliphatic heterocycles. The smallest absolute Gasteiger partial charge is 0.241 e. The molecule has 1 heterocycles. The number of hydrogen-bond donors (Lipinski definition) is 2. The minimum atomic E-state index is -0.390. The fourth-order valence-electron chi connectivity index (χ4n) is 3.70. The third kappa shape index (κ3) is 7.70. The summed E-state index contributed by atoms with van der Waals surface area (Å²) in [5.74, 6) is 0.213. The summed E-state index contributed by atoms with van der Waals surface area (Å²) in [4.78, 5) is 18.1. The van der Waals surface area contributed by atoms with Gasteiger partial charge in [-0.05, 0) is 18.4 Å². The van der Waals surface area contributed by atoms with Crippen LogP contribution in [-0.2, 0) is 20.8 Å². The van der Waals surface area contributed by atoms with Gasteiger partial charge in [0.1, 0.15) is 6.10 Å². The topological polar surface area (TPSA) is 75.2 Å². The number of nitrogens with zero attached hydrogens (tertiary/aromatic N) is 2. The molecule has 7 nitrogen and oxygen atoms in total. The molecule has 1 amide bonds. The molecule has 1 spiro atoms. The fourth-order valence-corrected chi connectivity index (χ4v) is 3.70. The maximum atomic E-state index is 12.0. The van der Waals surface area contributed by atoms with Crippen LogP contribution in [0.3, 0.4) is 0 Å². The normalized spacial score (nSPS) is 20.9. The summed E-state index contributed by atoms with van der Waals surface area (Å²) in [6, 6.07) is 10.1. The molecule has 1 saturated carbocycles. The molecule has 1 unspecified atom stereocenters. The van der Waals surface area contributed by atoms with Gasteiger partial charge >= 0.3 is 0 Å². The Morgan fingerprint density at radius 2 is 1.83 bits per heavy atom. The van der Waals surface area contributed by atoms with E-state index in [4.69, 9.17) is 9.47 Å². The van der Waals surface area contributed by atoms with E-state index in [-0.39, 0.29) is 42.5 Å². The van der Waals surface area contributed by atoms with Gasteiger partial charge in [-0.15, -0.1) is 24.0 Å². The second-order valence-electron chi connectivity index (χ2n) is 8.05. The van der Waals surface area contributed by atoms with Crippen LogP contribution in [0.2, 0.25) is 0 Å². The zero-order chi connectivity index (χ0) is 20.5. The second-order valence-corrected chi connectivity index (χ2v) is 8.05. The Kier molecular flexibility index (Phi) is 10.3. The van der Waals surface area contributed by atoms with Crippen LogP contribution >= 0.6 is 24.0 Å². The van der Waals surface area contributed by atoms with Gasteiger partial charge in [0.15, 0.2) is 11.7 Å². The number of ether oxygens (including phenoxy) is 2. The minimum absolute atomic E-state index is 0. The third-order valence-corrected chi connectivity index (χ3v) is 5.44. The van der Waals surface area contributed by atoms with E-state index in [9.17, 15) is 4.79 Å². The first kappa shape index (κ1) is 24.9. The minimum Gasteiger partial charge on any atom is -0.354 e. The quantitative estimate of drug-likeness (QED) is 0.336. The summed E-state index contributed by atoms with van der Waals surface area (Å²) in [7, 11) is 3.49. The highest BCUT2D eigenvalue weighted by Crippen LogP contribution is 2.36. The van der Waals surface area contributed by atoms with Gasteiger partial charge in [0.2, 0.25) is 5.91 Å². The molecular weight excluding hydrogens is 495 g/mol. The van der Waals surface area contributed by atoms with E-state index < -0.39 is 5.79 Å². The Morgan fingerprint density at radius 3 is 2.50 bits per heavy atom. The number of carbonyl (C=O) groups is 1. The number of guanidine groups is 1. The summed E-state index contributed by atoms with van der Waals surface area (Å²) >= 11 is 0. The molecule has 1 saturated heterocycles. The average molecular weight is 530 g/mol. The predicted octanol–water partition coefficient (Wildman–Crippen LogP) is 2.89. The highest BCUT2D eigenvalue weighted by molar-refractivity contribution is 14.0. The number of likely N-dealkylation sites (N-methyl/N-ethyl adjacent to an activating group) is 1. The van der Waals surface area contributed by atoms with Crippen molar-refractivity contribution in [2.24, 2.45) is 4.99 Å². The number of rotatable bonds is 6. The molecule has 1 aliphatic carbocycles. The van der Waals surface area contributed by atoms with Crippen molar-refractivity contribution in [3.63, 3.8) is 0 Å².